The molecule has 0 spiro atoms. The number of thiocarbonyl (C=S) groups is 1. The molecule has 0 atom stereocenters. The molecular formula is C18H25N5O2S. The summed E-state index contributed by atoms with van der Waals surface area (Å²) in [6.45, 7) is 6.50. The van der Waals surface area contributed by atoms with E-state index >= 15 is 0 Å². The van der Waals surface area contributed by atoms with Crippen molar-refractivity contribution in [3.05, 3.63) is 50.2 Å². The molecule has 2 aromatic rings. The third-order valence-corrected chi connectivity index (χ3v) is 4.72. The first-order chi connectivity index (χ1) is 12.3. The maximum atomic E-state index is 12.3. The van der Waals surface area contributed by atoms with Crippen molar-refractivity contribution in [1.29, 1.82) is 0 Å². The number of benzene rings is 1. The van der Waals surface area contributed by atoms with Gasteiger partial charge in [-0.1, -0.05) is 19.4 Å². The van der Waals surface area contributed by atoms with E-state index in [0.717, 1.165) is 24.1 Å². The number of hydrogen-bond acceptors (Lipinski definition) is 4. The second-order valence-corrected chi connectivity index (χ2v) is 6.67. The van der Waals surface area contributed by atoms with Crippen molar-refractivity contribution in [2.75, 3.05) is 23.0 Å². The van der Waals surface area contributed by atoms with Crippen LogP contribution in [0.5, 0.6) is 0 Å². The average Bonchev–Trinajstić information content (AvgIpc) is 2.57. The Kier molecular flexibility index (Phi) is 6.20. The monoisotopic (exact) mass is 375 g/mol. The highest BCUT2D eigenvalue weighted by Crippen LogP contribution is 2.19. The first-order valence-electron chi connectivity index (χ1n) is 8.50. The quantitative estimate of drug-likeness (QED) is 0.695. The lowest BCUT2D eigenvalue weighted by atomic mass is 10.1. The van der Waals surface area contributed by atoms with Gasteiger partial charge >= 0.3 is 5.69 Å². The highest BCUT2D eigenvalue weighted by Gasteiger charge is 2.19. The molecule has 1 heterocycles. The molecule has 0 saturated carbocycles. The number of H-pyrrole nitrogens is 1. The summed E-state index contributed by atoms with van der Waals surface area (Å²) in [6, 6.07) is 5.88. The van der Waals surface area contributed by atoms with E-state index in [1.54, 1.807) is 7.05 Å². The Morgan fingerprint density at radius 1 is 1.31 bits per heavy atom. The van der Waals surface area contributed by atoms with Crippen molar-refractivity contribution < 1.29 is 0 Å². The summed E-state index contributed by atoms with van der Waals surface area (Å²) in [4.78, 5) is 28.1. The van der Waals surface area contributed by atoms with Crippen molar-refractivity contribution in [2.24, 2.45) is 0 Å². The number of aryl methyl sites for hydroxylation is 2. The number of nitrogens with zero attached hydrogens (tertiary/aromatic N) is 2. The van der Waals surface area contributed by atoms with Crippen LogP contribution in [-0.4, -0.2) is 21.7 Å². The van der Waals surface area contributed by atoms with E-state index in [-0.39, 0.29) is 11.5 Å². The van der Waals surface area contributed by atoms with Crippen molar-refractivity contribution in [2.45, 2.75) is 40.2 Å². The molecule has 0 fully saturated rings. The fourth-order valence-electron chi connectivity index (χ4n) is 2.57. The smallest absolute Gasteiger partial charge is 0.330 e. The SMILES string of the molecule is CCCCn1c(N)c(N(C)C(=S)Nc2ccc(C)c(C)c2)c(=O)[nH]c1=O. The van der Waals surface area contributed by atoms with E-state index in [9.17, 15) is 9.59 Å². The topological polar surface area (TPSA) is 96.2 Å². The molecular weight excluding hydrogens is 350 g/mol. The first kappa shape index (κ1) is 19.7. The Hall–Kier alpha value is -2.61. The average molecular weight is 375 g/mol. The first-order valence-corrected chi connectivity index (χ1v) is 8.91. The number of anilines is 3. The van der Waals surface area contributed by atoms with Gasteiger partial charge in [0, 0.05) is 19.3 Å². The van der Waals surface area contributed by atoms with Crippen LogP contribution in [0.25, 0.3) is 0 Å². The zero-order valence-corrected chi connectivity index (χ0v) is 16.4. The summed E-state index contributed by atoms with van der Waals surface area (Å²) in [5, 5.41) is 3.41. The Labute approximate surface area is 157 Å². The molecule has 26 heavy (non-hydrogen) atoms. The van der Waals surface area contributed by atoms with E-state index in [1.807, 2.05) is 39.0 Å². The van der Waals surface area contributed by atoms with Gasteiger partial charge in [0.15, 0.2) is 5.11 Å². The Morgan fingerprint density at radius 3 is 2.62 bits per heavy atom. The third kappa shape index (κ3) is 4.13. The summed E-state index contributed by atoms with van der Waals surface area (Å²) in [7, 11) is 1.64. The van der Waals surface area contributed by atoms with E-state index in [1.165, 1.54) is 15.0 Å². The lowest BCUT2D eigenvalue weighted by Gasteiger charge is -2.23. The van der Waals surface area contributed by atoms with Crippen molar-refractivity contribution in [3.63, 3.8) is 0 Å². The molecule has 0 radical (unpaired) electrons. The van der Waals surface area contributed by atoms with Gasteiger partial charge in [-0.3, -0.25) is 14.3 Å². The fraction of sp³-hybridized carbons (Fsp3) is 0.389. The maximum Gasteiger partial charge on any atom is 0.330 e. The van der Waals surface area contributed by atoms with Gasteiger partial charge in [-0.05, 0) is 55.7 Å². The van der Waals surface area contributed by atoms with Crippen LogP contribution < -0.4 is 27.2 Å². The minimum Gasteiger partial charge on any atom is -0.383 e. The van der Waals surface area contributed by atoms with Crippen molar-refractivity contribution in [3.8, 4) is 0 Å². The predicted molar refractivity (Wildman–Crippen MR) is 111 cm³/mol. The number of nitrogens with two attached hydrogens (primary N) is 1. The van der Waals surface area contributed by atoms with Gasteiger partial charge in [0.25, 0.3) is 5.56 Å². The van der Waals surface area contributed by atoms with Crippen LogP contribution in [0.2, 0.25) is 0 Å². The summed E-state index contributed by atoms with van der Waals surface area (Å²) >= 11 is 5.42. The van der Waals surface area contributed by atoms with Gasteiger partial charge in [-0.2, -0.15) is 0 Å². The lowest BCUT2D eigenvalue weighted by molar-refractivity contribution is 0.605. The van der Waals surface area contributed by atoms with Crippen LogP contribution in [0.4, 0.5) is 17.2 Å². The predicted octanol–water partition coefficient (Wildman–Crippen LogP) is 2.37. The highest BCUT2D eigenvalue weighted by molar-refractivity contribution is 7.80. The van der Waals surface area contributed by atoms with E-state index in [4.69, 9.17) is 18.0 Å². The van der Waals surface area contributed by atoms with Crippen LogP contribution in [0.15, 0.2) is 27.8 Å². The van der Waals surface area contributed by atoms with Crippen LogP contribution in [0.1, 0.15) is 30.9 Å². The molecule has 8 heteroatoms. The molecule has 0 amide bonds. The summed E-state index contributed by atoms with van der Waals surface area (Å²) in [5.74, 6) is 0.110. The molecule has 4 N–H and O–H groups in total. The Balaban J connectivity index is 2.34. The van der Waals surface area contributed by atoms with Gasteiger partial charge < -0.3 is 16.0 Å². The van der Waals surface area contributed by atoms with Gasteiger partial charge in [-0.25, -0.2) is 4.79 Å². The minimum absolute atomic E-state index is 0.110. The molecule has 0 aliphatic carbocycles. The minimum atomic E-state index is -0.563. The standard InChI is InChI=1S/C18H25N5O2S/c1-5-6-9-23-15(19)14(16(24)21-17(23)25)22(4)18(26)20-13-8-7-11(2)12(3)10-13/h7-8,10H,5-6,9,19H2,1-4H3,(H,20,26)(H,21,24,25). The number of rotatable bonds is 5. The van der Waals surface area contributed by atoms with Gasteiger partial charge in [0.2, 0.25) is 0 Å². The number of aromatic amines is 1. The molecule has 0 saturated heterocycles. The van der Waals surface area contributed by atoms with Gasteiger partial charge in [-0.15, -0.1) is 0 Å². The second-order valence-electron chi connectivity index (χ2n) is 6.29. The van der Waals surface area contributed by atoms with E-state index < -0.39 is 11.2 Å². The third-order valence-electron chi connectivity index (χ3n) is 4.35. The largest absolute Gasteiger partial charge is 0.383 e. The second kappa shape index (κ2) is 8.18. The zero-order chi connectivity index (χ0) is 19.4. The molecule has 0 bridgehead atoms. The number of unbranched alkanes of at least 4 members (excludes halogenated alkanes) is 1. The molecule has 1 aromatic heterocycles. The lowest BCUT2D eigenvalue weighted by Crippen LogP contribution is -2.40. The zero-order valence-electron chi connectivity index (χ0n) is 15.5. The molecule has 140 valence electrons. The van der Waals surface area contributed by atoms with Crippen LogP contribution >= 0.6 is 12.2 Å². The molecule has 7 nitrogen and oxygen atoms in total. The highest BCUT2D eigenvalue weighted by atomic mass is 32.1. The molecule has 0 aliphatic heterocycles. The summed E-state index contributed by atoms with van der Waals surface area (Å²) < 4.78 is 1.37. The van der Waals surface area contributed by atoms with Gasteiger partial charge in [0.1, 0.15) is 11.5 Å². The van der Waals surface area contributed by atoms with Crippen molar-refractivity contribution in [1.82, 2.24) is 9.55 Å². The molecule has 2 rings (SSSR count). The van der Waals surface area contributed by atoms with Crippen LogP contribution in [-0.2, 0) is 6.54 Å². The van der Waals surface area contributed by atoms with E-state index in [2.05, 4.69) is 10.3 Å². The van der Waals surface area contributed by atoms with Crippen LogP contribution in [0, 0.1) is 13.8 Å². The summed E-state index contributed by atoms with van der Waals surface area (Å²) in [5.41, 5.74) is 8.33. The van der Waals surface area contributed by atoms with Crippen LogP contribution in [0.3, 0.4) is 0 Å². The Morgan fingerprint density at radius 2 is 2.00 bits per heavy atom. The normalized spacial score (nSPS) is 10.6. The fourth-order valence-corrected chi connectivity index (χ4v) is 2.78. The maximum absolute atomic E-state index is 12.3. The number of nitrogen functional groups attached to an aromatic ring is 1. The molecule has 0 aliphatic rings. The number of aromatic nitrogens is 2. The molecule has 0 unspecified atom stereocenters. The number of nitrogens with one attached hydrogen (secondary N) is 2. The van der Waals surface area contributed by atoms with E-state index in [0.29, 0.717) is 11.7 Å². The van der Waals surface area contributed by atoms with Gasteiger partial charge in [0.05, 0.1) is 0 Å². The summed E-state index contributed by atoms with van der Waals surface area (Å²) in [6.07, 6.45) is 1.69. The number of hydrogen-bond donors (Lipinski definition) is 3. The van der Waals surface area contributed by atoms with Crippen molar-refractivity contribution >= 4 is 34.5 Å². The Bertz CT molecular complexity index is 932. The molecule has 1 aromatic carbocycles.